The van der Waals surface area contributed by atoms with Crippen LogP contribution in [0.1, 0.15) is 79.1 Å². The van der Waals surface area contributed by atoms with Gasteiger partial charge in [0.1, 0.15) is 5.76 Å². The fraction of sp³-hybridized carbons (Fsp3) is 0.850. The number of carbonyl (C=O) groups is 1. The van der Waals surface area contributed by atoms with Crippen LogP contribution in [0.2, 0.25) is 0 Å². The van der Waals surface area contributed by atoms with E-state index in [1.54, 1.807) is 14.0 Å². The smallest absolute Gasteiger partial charge is 0.246 e. The molecule has 0 aromatic rings. The summed E-state index contributed by atoms with van der Waals surface area (Å²) in [6.07, 6.45) is 8.20. The summed E-state index contributed by atoms with van der Waals surface area (Å²) in [7, 11) is 1.58. The maximum Gasteiger partial charge on any atom is 0.246 e. The third-order valence-corrected chi connectivity index (χ3v) is 5.97. The molecule has 0 aromatic heterocycles. The SMILES string of the molecule is CCC(CC(C)(F)F)C(=O)/C=C(\OC)C1CCC(CC)(CC)CC1. The van der Waals surface area contributed by atoms with Crippen molar-refractivity contribution in [2.75, 3.05) is 7.11 Å². The highest BCUT2D eigenvalue weighted by Crippen LogP contribution is 2.45. The molecular weight excluding hydrogens is 310 g/mol. The number of methoxy groups -OCH3 is 1. The molecule has 24 heavy (non-hydrogen) atoms. The number of rotatable bonds is 9. The van der Waals surface area contributed by atoms with E-state index in [1.807, 2.05) is 0 Å². The Morgan fingerprint density at radius 3 is 2.17 bits per heavy atom. The minimum absolute atomic E-state index is 0.223. The maximum absolute atomic E-state index is 13.3. The van der Waals surface area contributed by atoms with E-state index in [-0.39, 0.29) is 11.7 Å². The lowest BCUT2D eigenvalue weighted by Gasteiger charge is -2.39. The van der Waals surface area contributed by atoms with E-state index >= 15 is 0 Å². The van der Waals surface area contributed by atoms with Gasteiger partial charge in [-0.05, 0) is 44.4 Å². The Labute approximate surface area is 146 Å². The van der Waals surface area contributed by atoms with Crippen LogP contribution in [0.5, 0.6) is 0 Å². The van der Waals surface area contributed by atoms with Gasteiger partial charge in [-0.3, -0.25) is 4.79 Å². The number of ether oxygens (including phenoxy) is 1. The molecule has 1 aliphatic rings. The molecule has 0 aromatic carbocycles. The minimum atomic E-state index is -2.82. The van der Waals surface area contributed by atoms with Crippen LogP contribution in [-0.2, 0) is 9.53 Å². The number of carbonyl (C=O) groups excluding carboxylic acids is 1. The number of halogens is 2. The average molecular weight is 344 g/mol. The Morgan fingerprint density at radius 1 is 1.25 bits per heavy atom. The quantitative estimate of drug-likeness (QED) is 0.370. The first kappa shape index (κ1) is 21.1. The summed E-state index contributed by atoms with van der Waals surface area (Å²) < 4.78 is 32.0. The molecule has 0 amide bonds. The van der Waals surface area contributed by atoms with Gasteiger partial charge in [-0.25, -0.2) is 8.78 Å². The van der Waals surface area contributed by atoms with E-state index in [0.29, 0.717) is 17.6 Å². The molecule has 0 N–H and O–H groups in total. The number of ketones is 1. The predicted octanol–water partition coefficient (Wildman–Crippen LogP) is 6.15. The minimum Gasteiger partial charge on any atom is -0.501 e. The van der Waals surface area contributed by atoms with Gasteiger partial charge >= 0.3 is 0 Å². The van der Waals surface area contributed by atoms with E-state index in [4.69, 9.17) is 4.74 Å². The predicted molar refractivity (Wildman–Crippen MR) is 94.1 cm³/mol. The van der Waals surface area contributed by atoms with Crippen LogP contribution in [0, 0.1) is 17.3 Å². The van der Waals surface area contributed by atoms with Gasteiger partial charge < -0.3 is 4.74 Å². The summed E-state index contributed by atoms with van der Waals surface area (Å²) in [5.41, 5.74) is 0.426. The lowest BCUT2D eigenvalue weighted by atomic mass is 9.67. The maximum atomic E-state index is 13.3. The molecule has 0 spiro atoms. The van der Waals surface area contributed by atoms with Gasteiger partial charge in [-0.2, -0.15) is 0 Å². The van der Waals surface area contributed by atoms with Crippen LogP contribution in [0.4, 0.5) is 8.78 Å². The molecule has 1 unspecified atom stereocenters. The van der Waals surface area contributed by atoms with Crippen LogP contribution < -0.4 is 0 Å². The Hall–Kier alpha value is -0.930. The summed E-state index contributed by atoms with van der Waals surface area (Å²) in [6.45, 7) is 7.15. The van der Waals surface area contributed by atoms with Gasteiger partial charge in [-0.15, -0.1) is 0 Å². The first-order chi connectivity index (χ1) is 11.2. The largest absolute Gasteiger partial charge is 0.501 e. The molecule has 1 saturated carbocycles. The molecule has 0 saturated heterocycles. The molecule has 0 bridgehead atoms. The monoisotopic (exact) mass is 344 g/mol. The Morgan fingerprint density at radius 2 is 1.79 bits per heavy atom. The van der Waals surface area contributed by atoms with E-state index < -0.39 is 18.3 Å². The second-order valence-corrected chi connectivity index (χ2v) is 7.51. The zero-order valence-electron chi connectivity index (χ0n) is 16.0. The van der Waals surface area contributed by atoms with Crippen molar-refractivity contribution in [3.63, 3.8) is 0 Å². The number of hydrogen-bond donors (Lipinski definition) is 0. The molecule has 140 valence electrons. The molecule has 1 atom stereocenters. The van der Waals surface area contributed by atoms with Gasteiger partial charge in [0.2, 0.25) is 5.92 Å². The van der Waals surface area contributed by atoms with Crippen molar-refractivity contribution in [2.24, 2.45) is 17.3 Å². The second-order valence-electron chi connectivity index (χ2n) is 7.51. The van der Waals surface area contributed by atoms with Crippen molar-refractivity contribution in [3.05, 3.63) is 11.8 Å². The summed E-state index contributed by atoms with van der Waals surface area (Å²) in [5, 5.41) is 0. The second kappa shape index (κ2) is 8.96. The standard InChI is InChI=1S/C20H34F2O2/c1-6-15(14-19(4,21)22)17(23)13-18(24-5)16-9-11-20(7-2,8-3)12-10-16/h13,15-16H,6-12,14H2,1-5H3/b18-13-. The molecule has 4 heteroatoms. The lowest BCUT2D eigenvalue weighted by molar-refractivity contribution is -0.121. The number of hydrogen-bond acceptors (Lipinski definition) is 2. The molecule has 1 fully saturated rings. The van der Waals surface area contributed by atoms with Crippen LogP contribution in [0.15, 0.2) is 11.8 Å². The fourth-order valence-corrected chi connectivity index (χ4v) is 3.95. The van der Waals surface area contributed by atoms with Crippen LogP contribution in [0.3, 0.4) is 0 Å². The third-order valence-electron chi connectivity index (χ3n) is 5.97. The molecule has 1 rings (SSSR count). The summed E-state index contributed by atoms with van der Waals surface area (Å²) in [4.78, 5) is 12.4. The van der Waals surface area contributed by atoms with E-state index in [9.17, 15) is 13.6 Å². The average Bonchev–Trinajstić information content (AvgIpc) is 2.56. The van der Waals surface area contributed by atoms with Crippen molar-refractivity contribution in [3.8, 4) is 0 Å². The third kappa shape index (κ3) is 5.86. The molecule has 0 aliphatic heterocycles. The molecule has 0 heterocycles. The highest BCUT2D eigenvalue weighted by Gasteiger charge is 2.35. The number of alkyl halides is 2. The molecule has 0 radical (unpaired) electrons. The highest BCUT2D eigenvalue weighted by molar-refractivity contribution is 5.92. The first-order valence-electron chi connectivity index (χ1n) is 9.37. The van der Waals surface area contributed by atoms with Crippen molar-refractivity contribution in [1.82, 2.24) is 0 Å². The number of allylic oxidation sites excluding steroid dienone is 2. The van der Waals surface area contributed by atoms with Gasteiger partial charge in [0.25, 0.3) is 0 Å². The Balaban J connectivity index is 2.78. The van der Waals surface area contributed by atoms with Gasteiger partial charge in [0, 0.05) is 24.3 Å². The summed E-state index contributed by atoms with van der Waals surface area (Å²) in [6, 6.07) is 0. The zero-order chi connectivity index (χ0) is 18.4. The van der Waals surface area contributed by atoms with E-state index in [2.05, 4.69) is 13.8 Å². The van der Waals surface area contributed by atoms with Crippen LogP contribution in [0.25, 0.3) is 0 Å². The lowest BCUT2D eigenvalue weighted by Crippen LogP contribution is -2.28. The van der Waals surface area contributed by atoms with E-state index in [1.165, 1.54) is 18.9 Å². The Bertz CT molecular complexity index is 423. The van der Waals surface area contributed by atoms with Crippen LogP contribution >= 0.6 is 0 Å². The van der Waals surface area contributed by atoms with Crippen molar-refractivity contribution >= 4 is 5.78 Å². The van der Waals surface area contributed by atoms with Crippen molar-refractivity contribution in [2.45, 2.75) is 85.0 Å². The molecule has 1 aliphatic carbocycles. The topological polar surface area (TPSA) is 26.3 Å². The Kier molecular flexibility index (Phi) is 7.88. The summed E-state index contributed by atoms with van der Waals surface area (Å²) >= 11 is 0. The summed E-state index contributed by atoms with van der Waals surface area (Å²) in [5.74, 6) is -2.75. The zero-order valence-corrected chi connectivity index (χ0v) is 16.0. The molecular formula is C20H34F2O2. The van der Waals surface area contributed by atoms with Gasteiger partial charge in [0.15, 0.2) is 5.78 Å². The van der Waals surface area contributed by atoms with Crippen molar-refractivity contribution < 1.29 is 18.3 Å². The first-order valence-corrected chi connectivity index (χ1v) is 9.37. The van der Waals surface area contributed by atoms with E-state index in [0.717, 1.165) is 32.6 Å². The van der Waals surface area contributed by atoms with Gasteiger partial charge in [0.05, 0.1) is 7.11 Å². The normalized spacial score (nSPS) is 20.7. The highest BCUT2D eigenvalue weighted by atomic mass is 19.3. The van der Waals surface area contributed by atoms with Crippen LogP contribution in [-0.4, -0.2) is 18.8 Å². The van der Waals surface area contributed by atoms with Gasteiger partial charge in [-0.1, -0.05) is 33.6 Å². The fourth-order valence-electron chi connectivity index (χ4n) is 3.95. The van der Waals surface area contributed by atoms with Crippen molar-refractivity contribution in [1.29, 1.82) is 0 Å². The molecule has 2 nitrogen and oxygen atoms in total.